The van der Waals surface area contributed by atoms with E-state index in [-0.39, 0.29) is 0 Å². The first-order valence-electron chi connectivity index (χ1n) is 10.6. The summed E-state index contributed by atoms with van der Waals surface area (Å²) >= 11 is 0. The van der Waals surface area contributed by atoms with Crippen molar-refractivity contribution in [2.75, 3.05) is 19.8 Å². The van der Waals surface area contributed by atoms with E-state index in [0.717, 1.165) is 0 Å². The Morgan fingerprint density at radius 1 is 0.500 bits per heavy atom. The normalized spacial score (nSPS) is 52.5. The molecule has 0 saturated carbocycles. The molecule has 0 aromatic rings. The Morgan fingerprint density at radius 3 is 1.56 bits per heavy atom. The topological polar surface area (TPSA) is 269 Å². The number of hydrogen-bond donors (Lipinski definition) is 11. The minimum atomic E-state index is -1.88. The van der Waals surface area contributed by atoms with Crippen LogP contribution in [0, 0.1) is 0 Å². The smallest absolute Gasteiger partial charge is 0.187 e. The second kappa shape index (κ2) is 11.6. The van der Waals surface area contributed by atoms with Crippen LogP contribution in [0.1, 0.15) is 0 Å². The molecule has 0 aromatic carbocycles. The summed E-state index contributed by atoms with van der Waals surface area (Å²) in [6.45, 7) is -2.03. The Hall–Kier alpha value is -0.640. The molecule has 16 heteroatoms. The fourth-order valence-electron chi connectivity index (χ4n) is 3.94. The molecule has 3 aliphatic heterocycles. The predicted molar refractivity (Wildman–Crippen MR) is 101 cm³/mol. The zero-order valence-electron chi connectivity index (χ0n) is 17.7. The standard InChI is InChI=1S/C18H32O16/c19-1-4-8(22)12(26)15(16(29)31-4)34-18-14(28)11(25)9(23)6(33-18)3-30-17-13(27)10(24)7(21)5(2-20)32-17/h4-29H,1-3H2/t4-,5-,6-,7+,8-,9+,10+,11+,12+,13-,14-,15-,16-,17-,18+/m1/s1. The van der Waals surface area contributed by atoms with Gasteiger partial charge in [-0.25, -0.2) is 0 Å². The molecule has 0 unspecified atom stereocenters. The lowest BCUT2D eigenvalue weighted by Crippen LogP contribution is -2.64. The van der Waals surface area contributed by atoms with Crippen LogP contribution in [-0.2, 0) is 23.7 Å². The molecule has 3 saturated heterocycles. The third-order valence-corrected chi connectivity index (χ3v) is 6.08. The van der Waals surface area contributed by atoms with E-state index in [1.165, 1.54) is 0 Å². The van der Waals surface area contributed by atoms with Crippen molar-refractivity contribution in [2.45, 2.75) is 92.1 Å². The van der Waals surface area contributed by atoms with Crippen LogP contribution in [0.25, 0.3) is 0 Å². The van der Waals surface area contributed by atoms with Crippen molar-refractivity contribution in [3.8, 4) is 0 Å². The Balaban J connectivity index is 1.64. The summed E-state index contributed by atoms with van der Waals surface area (Å²) in [4.78, 5) is 0. The fourth-order valence-corrected chi connectivity index (χ4v) is 3.94. The van der Waals surface area contributed by atoms with Crippen LogP contribution in [0.2, 0.25) is 0 Å². The Morgan fingerprint density at radius 2 is 0.971 bits per heavy atom. The number of aliphatic hydroxyl groups excluding tert-OH is 11. The van der Waals surface area contributed by atoms with Crippen LogP contribution in [0.5, 0.6) is 0 Å². The lowest BCUT2D eigenvalue weighted by Gasteiger charge is -2.45. The molecule has 0 amide bonds. The fraction of sp³-hybridized carbons (Fsp3) is 1.00. The van der Waals surface area contributed by atoms with Crippen molar-refractivity contribution in [3.63, 3.8) is 0 Å². The zero-order chi connectivity index (χ0) is 25.3. The molecular weight excluding hydrogens is 472 g/mol. The summed E-state index contributed by atoms with van der Waals surface area (Å²) in [5, 5.41) is 109. The van der Waals surface area contributed by atoms with Crippen LogP contribution in [-0.4, -0.2) is 168 Å². The molecule has 0 aromatic heterocycles. The largest absolute Gasteiger partial charge is 0.394 e. The highest BCUT2D eigenvalue weighted by Gasteiger charge is 2.51. The molecule has 200 valence electrons. The van der Waals surface area contributed by atoms with Crippen molar-refractivity contribution in [1.29, 1.82) is 0 Å². The summed E-state index contributed by atoms with van der Waals surface area (Å²) in [6.07, 6.45) is -25.0. The van der Waals surface area contributed by atoms with Gasteiger partial charge < -0.3 is 79.9 Å². The number of rotatable bonds is 7. The van der Waals surface area contributed by atoms with Gasteiger partial charge in [0.1, 0.15) is 73.2 Å². The molecule has 0 aliphatic carbocycles. The Labute approximate surface area is 192 Å². The summed E-state index contributed by atoms with van der Waals surface area (Å²) in [5.41, 5.74) is 0. The Bertz CT molecular complexity index is 639. The first-order chi connectivity index (χ1) is 16.0. The van der Waals surface area contributed by atoms with Gasteiger partial charge >= 0.3 is 0 Å². The maximum absolute atomic E-state index is 10.2. The average Bonchev–Trinajstić information content (AvgIpc) is 2.82. The minimum Gasteiger partial charge on any atom is -0.394 e. The molecule has 0 radical (unpaired) electrons. The first-order valence-corrected chi connectivity index (χ1v) is 10.6. The molecular formula is C18H32O16. The van der Waals surface area contributed by atoms with E-state index in [1.54, 1.807) is 0 Å². The van der Waals surface area contributed by atoms with Gasteiger partial charge in [0.2, 0.25) is 0 Å². The van der Waals surface area contributed by atoms with Crippen LogP contribution in [0.15, 0.2) is 0 Å². The quantitative estimate of drug-likeness (QED) is 0.154. The minimum absolute atomic E-state index is 0.616. The van der Waals surface area contributed by atoms with Gasteiger partial charge in [0.25, 0.3) is 0 Å². The number of ether oxygens (including phenoxy) is 5. The van der Waals surface area contributed by atoms with E-state index < -0.39 is 112 Å². The number of hydrogen-bond acceptors (Lipinski definition) is 16. The third kappa shape index (κ3) is 5.52. The van der Waals surface area contributed by atoms with E-state index in [1.807, 2.05) is 0 Å². The van der Waals surface area contributed by atoms with E-state index in [9.17, 15) is 51.1 Å². The Kier molecular flexibility index (Phi) is 9.54. The molecule has 16 nitrogen and oxygen atoms in total. The van der Waals surface area contributed by atoms with Gasteiger partial charge in [0.05, 0.1) is 19.8 Å². The lowest BCUT2D eigenvalue weighted by molar-refractivity contribution is -0.367. The van der Waals surface area contributed by atoms with Gasteiger partial charge in [0, 0.05) is 0 Å². The molecule has 3 heterocycles. The second-order valence-electron chi connectivity index (χ2n) is 8.37. The van der Waals surface area contributed by atoms with Gasteiger partial charge in [-0.15, -0.1) is 0 Å². The molecule has 3 rings (SSSR count). The second-order valence-corrected chi connectivity index (χ2v) is 8.37. The van der Waals surface area contributed by atoms with Crippen LogP contribution in [0.4, 0.5) is 0 Å². The van der Waals surface area contributed by atoms with Crippen LogP contribution >= 0.6 is 0 Å². The van der Waals surface area contributed by atoms with Crippen molar-refractivity contribution in [1.82, 2.24) is 0 Å². The monoisotopic (exact) mass is 504 g/mol. The summed E-state index contributed by atoms with van der Waals surface area (Å²) in [7, 11) is 0. The average molecular weight is 504 g/mol. The van der Waals surface area contributed by atoms with Crippen LogP contribution < -0.4 is 0 Å². The maximum atomic E-state index is 10.2. The number of aliphatic hydroxyl groups is 11. The maximum Gasteiger partial charge on any atom is 0.187 e. The predicted octanol–water partition coefficient (Wildman–Crippen LogP) is -7.57. The summed E-state index contributed by atoms with van der Waals surface area (Å²) in [6, 6.07) is 0. The summed E-state index contributed by atoms with van der Waals surface area (Å²) < 4.78 is 26.1. The first kappa shape index (κ1) is 27.9. The molecule has 3 aliphatic rings. The highest BCUT2D eigenvalue weighted by atomic mass is 16.7. The van der Waals surface area contributed by atoms with Crippen molar-refractivity contribution in [3.05, 3.63) is 0 Å². The zero-order valence-corrected chi connectivity index (χ0v) is 17.7. The van der Waals surface area contributed by atoms with Gasteiger partial charge in [-0.05, 0) is 0 Å². The van der Waals surface area contributed by atoms with E-state index in [2.05, 4.69) is 0 Å². The van der Waals surface area contributed by atoms with Crippen molar-refractivity contribution >= 4 is 0 Å². The van der Waals surface area contributed by atoms with E-state index in [4.69, 9.17) is 28.8 Å². The van der Waals surface area contributed by atoms with Crippen molar-refractivity contribution in [2.24, 2.45) is 0 Å². The highest BCUT2D eigenvalue weighted by molar-refractivity contribution is 4.94. The molecule has 15 atom stereocenters. The third-order valence-electron chi connectivity index (χ3n) is 6.08. The van der Waals surface area contributed by atoms with Gasteiger partial charge in [-0.1, -0.05) is 0 Å². The van der Waals surface area contributed by atoms with Gasteiger partial charge in [-0.2, -0.15) is 0 Å². The van der Waals surface area contributed by atoms with Crippen LogP contribution in [0.3, 0.4) is 0 Å². The SMILES string of the molecule is OC[C@H]1O[C@@H](OC[C@H]2O[C@@H](O[C@@H]3[C@@H](O)[C@H](O)[C@@H](CO)O[C@H]3O)[C@H](O)[C@@H](O)[C@H]2O)[C@H](O)[C@@H](O)[C@H]1O. The van der Waals surface area contributed by atoms with Gasteiger partial charge in [-0.3, -0.25) is 0 Å². The molecule has 11 N–H and O–H groups in total. The lowest BCUT2D eigenvalue weighted by atomic mass is 9.97. The summed E-state index contributed by atoms with van der Waals surface area (Å²) in [5.74, 6) is 0. The molecule has 34 heavy (non-hydrogen) atoms. The van der Waals surface area contributed by atoms with E-state index >= 15 is 0 Å². The highest BCUT2D eigenvalue weighted by Crippen LogP contribution is 2.29. The van der Waals surface area contributed by atoms with E-state index in [0.29, 0.717) is 0 Å². The molecule has 0 bridgehead atoms. The van der Waals surface area contributed by atoms with Gasteiger partial charge in [0.15, 0.2) is 18.9 Å². The molecule has 3 fully saturated rings. The van der Waals surface area contributed by atoms with Crippen molar-refractivity contribution < 1.29 is 79.9 Å². The molecule has 0 spiro atoms.